The number of aliphatic carboxylic acids is 1. The Labute approximate surface area is 219 Å². The van der Waals surface area contributed by atoms with E-state index in [4.69, 9.17) is 0 Å². The molecule has 1 atom stereocenters. The first-order valence-electron chi connectivity index (χ1n) is 12.2. The van der Waals surface area contributed by atoms with Crippen LogP contribution in [0.3, 0.4) is 0 Å². The van der Waals surface area contributed by atoms with Crippen LogP contribution < -0.4 is 5.32 Å². The Morgan fingerprint density at radius 3 is 2.18 bits per heavy atom. The molecule has 38 heavy (non-hydrogen) atoms. The molecule has 1 unspecified atom stereocenters. The van der Waals surface area contributed by atoms with Crippen LogP contribution in [-0.4, -0.2) is 38.9 Å². The first kappa shape index (κ1) is 24.6. The highest BCUT2D eigenvalue weighted by molar-refractivity contribution is 6.02. The predicted octanol–water partition coefficient (Wildman–Crippen LogP) is 4.54. The molecule has 5 rings (SSSR count). The number of carbonyl (C=O) groups is 2. The van der Waals surface area contributed by atoms with E-state index in [1.54, 1.807) is 23.4 Å². The molecule has 0 fully saturated rings. The highest BCUT2D eigenvalue weighted by Gasteiger charge is 2.32. The summed E-state index contributed by atoms with van der Waals surface area (Å²) in [6.45, 7) is 0. The van der Waals surface area contributed by atoms with Gasteiger partial charge in [0.05, 0.1) is 11.6 Å². The summed E-state index contributed by atoms with van der Waals surface area (Å²) in [5, 5.41) is 13.4. The summed E-state index contributed by atoms with van der Waals surface area (Å²) in [6, 6.07) is 25.2. The Morgan fingerprint density at radius 1 is 0.921 bits per heavy atom. The fraction of sp³-hybridized carbons (Fsp3) is 0.0968. The lowest BCUT2D eigenvalue weighted by Crippen LogP contribution is -2.44. The number of aromatic nitrogens is 1. The molecule has 0 saturated heterocycles. The van der Waals surface area contributed by atoms with E-state index in [0.29, 0.717) is 0 Å². The SMILES string of the molecule is O=C=C1C(C(=O)NC(Cc2c[nH]c3ccccc23)C(=O)O)=CC=CN1C(c1ccccc1)c1ccccc1. The van der Waals surface area contributed by atoms with Crippen LogP contribution in [0.15, 0.2) is 121 Å². The lowest BCUT2D eigenvalue weighted by atomic mass is 9.94. The molecular formula is C31H25N3O4. The fourth-order valence-corrected chi connectivity index (χ4v) is 4.77. The molecule has 1 aliphatic heterocycles. The number of amides is 1. The molecule has 2 heterocycles. The van der Waals surface area contributed by atoms with E-state index in [2.05, 4.69) is 10.3 Å². The third kappa shape index (κ3) is 4.91. The molecule has 0 radical (unpaired) electrons. The van der Waals surface area contributed by atoms with E-state index in [1.165, 1.54) is 6.08 Å². The van der Waals surface area contributed by atoms with Crippen LogP contribution in [0, 0.1) is 0 Å². The topological polar surface area (TPSA) is 102 Å². The van der Waals surface area contributed by atoms with E-state index in [9.17, 15) is 19.5 Å². The van der Waals surface area contributed by atoms with Gasteiger partial charge >= 0.3 is 5.97 Å². The molecule has 7 nitrogen and oxygen atoms in total. The Balaban J connectivity index is 1.43. The van der Waals surface area contributed by atoms with E-state index in [1.807, 2.05) is 90.9 Å². The second kappa shape index (κ2) is 10.9. The molecule has 0 saturated carbocycles. The minimum absolute atomic E-state index is 0.0268. The summed E-state index contributed by atoms with van der Waals surface area (Å²) < 4.78 is 0. The summed E-state index contributed by atoms with van der Waals surface area (Å²) in [6.07, 6.45) is 6.73. The van der Waals surface area contributed by atoms with E-state index < -0.39 is 24.0 Å². The lowest BCUT2D eigenvalue weighted by molar-refractivity contribution is -0.141. The number of hydrogen-bond donors (Lipinski definition) is 3. The highest BCUT2D eigenvalue weighted by atomic mass is 16.4. The van der Waals surface area contributed by atoms with Crippen molar-refractivity contribution in [3.05, 3.63) is 137 Å². The number of benzene rings is 3. The number of carboxylic acids is 1. The molecule has 0 spiro atoms. The smallest absolute Gasteiger partial charge is 0.326 e. The molecule has 188 valence electrons. The van der Waals surface area contributed by atoms with Crippen LogP contribution in [0.1, 0.15) is 22.7 Å². The number of allylic oxidation sites excluding steroid dienone is 2. The van der Waals surface area contributed by atoms with Crippen LogP contribution in [-0.2, 0) is 20.8 Å². The largest absolute Gasteiger partial charge is 0.480 e. The van der Waals surface area contributed by atoms with Crippen molar-refractivity contribution in [2.24, 2.45) is 0 Å². The molecule has 3 aromatic carbocycles. The zero-order valence-electron chi connectivity index (χ0n) is 20.4. The van der Waals surface area contributed by atoms with Gasteiger partial charge in [0.1, 0.15) is 11.7 Å². The van der Waals surface area contributed by atoms with Crippen LogP contribution in [0.4, 0.5) is 0 Å². The van der Waals surface area contributed by atoms with Gasteiger partial charge < -0.3 is 20.3 Å². The maximum atomic E-state index is 13.4. The third-order valence-electron chi connectivity index (χ3n) is 6.58. The number of hydrogen-bond acceptors (Lipinski definition) is 4. The van der Waals surface area contributed by atoms with Gasteiger partial charge in [0.2, 0.25) is 0 Å². The van der Waals surface area contributed by atoms with Gasteiger partial charge in [-0.25, -0.2) is 9.59 Å². The molecule has 0 aliphatic carbocycles. The summed E-state index contributed by atoms with van der Waals surface area (Å²) in [5.74, 6) is 0.104. The van der Waals surface area contributed by atoms with Crippen molar-refractivity contribution in [1.82, 2.24) is 15.2 Å². The summed E-state index contributed by atoms with van der Waals surface area (Å²) in [7, 11) is 0. The standard InChI is InChI=1S/C31H25N3O4/c35-20-28-25(30(36)33-27(31(37)38)18-23-19-32-26-16-8-7-14-24(23)26)15-9-17-34(28)29(21-10-3-1-4-11-21)22-12-5-2-6-13-22/h1-17,19,27,29,32H,18H2,(H,33,36)(H,37,38). The molecule has 1 aliphatic rings. The number of aromatic amines is 1. The Bertz CT molecular complexity index is 1540. The normalized spacial score (nSPS) is 13.8. The van der Waals surface area contributed by atoms with Gasteiger partial charge in [-0.3, -0.25) is 4.79 Å². The highest BCUT2D eigenvalue weighted by Crippen LogP contribution is 2.35. The number of nitrogens with zero attached hydrogens (tertiary/aromatic N) is 1. The number of carboxylic acid groups (broad SMARTS) is 1. The fourth-order valence-electron chi connectivity index (χ4n) is 4.77. The number of fused-ring (bicyclic) bond motifs is 1. The molecule has 4 aromatic rings. The van der Waals surface area contributed by atoms with Gasteiger partial charge in [0, 0.05) is 29.7 Å². The van der Waals surface area contributed by atoms with Crippen LogP contribution >= 0.6 is 0 Å². The molecule has 7 heteroatoms. The van der Waals surface area contributed by atoms with Crippen molar-refractivity contribution in [3.63, 3.8) is 0 Å². The van der Waals surface area contributed by atoms with Gasteiger partial charge in [0.25, 0.3) is 5.91 Å². The van der Waals surface area contributed by atoms with Crippen molar-refractivity contribution in [2.45, 2.75) is 18.5 Å². The molecule has 1 aromatic heterocycles. The van der Waals surface area contributed by atoms with Crippen molar-refractivity contribution in [3.8, 4) is 0 Å². The average molecular weight is 504 g/mol. The zero-order chi connectivity index (χ0) is 26.5. The molecular weight excluding hydrogens is 478 g/mol. The van der Waals surface area contributed by atoms with Gasteiger partial charge in [-0.15, -0.1) is 0 Å². The third-order valence-corrected chi connectivity index (χ3v) is 6.58. The van der Waals surface area contributed by atoms with E-state index in [-0.39, 0.29) is 17.7 Å². The maximum absolute atomic E-state index is 13.4. The number of rotatable bonds is 8. The predicted molar refractivity (Wildman–Crippen MR) is 145 cm³/mol. The first-order valence-corrected chi connectivity index (χ1v) is 12.2. The minimum atomic E-state index is -1.20. The van der Waals surface area contributed by atoms with Crippen molar-refractivity contribution < 1.29 is 19.5 Å². The quantitative estimate of drug-likeness (QED) is 0.307. The Kier molecular flexibility index (Phi) is 7.02. The average Bonchev–Trinajstić information content (AvgIpc) is 3.36. The Morgan fingerprint density at radius 2 is 1.55 bits per heavy atom. The van der Waals surface area contributed by atoms with E-state index >= 15 is 0 Å². The second-order valence-corrected chi connectivity index (χ2v) is 8.93. The Hall–Kier alpha value is -5.13. The monoisotopic (exact) mass is 503 g/mol. The summed E-state index contributed by atoms with van der Waals surface area (Å²) in [5.41, 5.74) is 3.56. The van der Waals surface area contributed by atoms with Crippen molar-refractivity contribution in [2.75, 3.05) is 0 Å². The number of carbonyl (C=O) groups excluding carboxylic acids is 2. The van der Waals surface area contributed by atoms with Crippen molar-refractivity contribution in [1.29, 1.82) is 0 Å². The number of para-hydroxylation sites is 1. The number of H-pyrrole nitrogens is 1. The minimum Gasteiger partial charge on any atom is -0.480 e. The van der Waals surface area contributed by atoms with Crippen LogP contribution in [0.25, 0.3) is 10.9 Å². The van der Waals surface area contributed by atoms with Gasteiger partial charge in [0.15, 0.2) is 5.94 Å². The van der Waals surface area contributed by atoms with Crippen LogP contribution in [0.2, 0.25) is 0 Å². The lowest BCUT2D eigenvalue weighted by Gasteiger charge is -2.34. The number of nitrogens with one attached hydrogen (secondary N) is 2. The zero-order valence-corrected chi connectivity index (χ0v) is 20.4. The maximum Gasteiger partial charge on any atom is 0.326 e. The second-order valence-electron chi connectivity index (χ2n) is 8.93. The van der Waals surface area contributed by atoms with Gasteiger partial charge in [-0.2, -0.15) is 0 Å². The van der Waals surface area contributed by atoms with Crippen LogP contribution in [0.5, 0.6) is 0 Å². The molecule has 0 bridgehead atoms. The van der Waals surface area contributed by atoms with Gasteiger partial charge in [-0.05, 0) is 34.9 Å². The molecule has 3 N–H and O–H groups in total. The summed E-state index contributed by atoms with van der Waals surface area (Å²) in [4.78, 5) is 42.6. The first-order chi connectivity index (χ1) is 18.6. The van der Waals surface area contributed by atoms with Gasteiger partial charge in [-0.1, -0.05) is 78.9 Å². The van der Waals surface area contributed by atoms with Crippen molar-refractivity contribution >= 4 is 28.7 Å². The summed E-state index contributed by atoms with van der Waals surface area (Å²) >= 11 is 0. The molecule has 1 amide bonds. The van der Waals surface area contributed by atoms with E-state index in [0.717, 1.165) is 27.6 Å².